The number of hydrogen-bond donors (Lipinski definition) is 0. The van der Waals surface area contributed by atoms with Gasteiger partial charge in [-0.15, -0.1) is 0 Å². The van der Waals surface area contributed by atoms with E-state index in [2.05, 4.69) is 15.2 Å². The van der Waals surface area contributed by atoms with Crippen LogP contribution in [0.2, 0.25) is 0 Å². The van der Waals surface area contributed by atoms with Crippen LogP contribution >= 0.6 is 0 Å². The first-order valence-corrected chi connectivity index (χ1v) is 13.1. The third-order valence-corrected chi connectivity index (χ3v) is 5.62. The quantitative estimate of drug-likeness (QED) is 0.360. The second kappa shape index (κ2) is 11.9. The van der Waals surface area contributed by atoms with Crippen LogP contribution in [0.1, 0.15) is 32.4 Å². The predicted molar refractivity (Wildman–Crippen MR) is 124 cm³/mol. The Kier molecular flexibility index (Phi) is 8.94. The van der Waals surface area contributed by atoms with Gasteiger partial charge in [0.25, 0.3) is 0 Å². The van der Waals surface area contributed by atoms with E-state index < -0.39 is 21.8 Å². The Morgan fingerprint density at radius 1 is 1.21 bits per heavy atom. The molecule has 0 radical (unpaired) electrons. The Hall–Kier alpha value is -3.05. The van der Waals surface area contributed by atoms with Crippen molar-refractivity contribution < 1.29 is 32.2 Å². The molecule has 3 rings (SSSR count). The Morgan fingerprint density at radius 3 is 2.59 bits per heavy atom. The van der Waals surface area contributed by atoms with Crippen molar-refractivity contribution in [2.75, 3.05) is 26.1 Å². The number of carbonyl (C=O) groups is 1. The van der Waals surface area contributed by atoms with E-state index in [1.54, 1.807) is 44.2 Å². The monoisotopic (exact) mass is 491 g/mol. The summed E-state index contributed by atoms with van der Waals surface area (Å²) in [6, 6.07) is 7.60. The summed E-state index contributed by atoms with van der Waals surface area (Å²) in [5.41, 5.74) is 0.890. The maximum absolute atomic E-state index is 11.8. The van der Waals surface area contributed by atoms with Crippen molar-refractivity contribution in [2.24, 2.45) is 10.2 Å². The molecule has 1 fully saturated rings. The molecule has 0 saturated carbocycles. The maximum atomic E-state index is 11.8. The molecule has 0 bridgehead atoms. The van der Waals surface area contributed by atoms with Gasteiger partial charge in [0.05, 0.1) is 37.5 Å². The molecule has 2 heterocycles. The second-order valence-corrected chi connectivity index (χ2v) is 10.0. The highest BCUT2D eigenvalue weighted by atomic mass is 32.2. The molecule has 0 spiro atoms. The van der Waals surface area contributed by atoms with E-state index in [1.807, 2.05) is 0 Å². The van der Waals surface area contributed by atoms with Gasteiger partial charge in [-0.2, -0.15) is 10.2 Å². The van der Waals surface area contributed by atoms with Crippen LogP contribution in [0.3, 0.4) is 0 Å². The molecule has 34 heavy (non-hydrogen) atoms. The third-order valence-electron chi connectivity index (χ3n) is 4.80. The van der Waals surface area contributed by atoms with Gasteiger partial charge >= 0.3 is 5.97 Å². The number of azo groups is 1. The van der Waals surface area contributed by atoms with Gasteiger partial charge in [0.2, 0.25) is 0 Å². The highest BCUT2D eigenvalue weighted by Gasteiger charge is 2.19. The van der Waals surface area contributed by atoms with E-state index in [0.717, 1.165) is 19.1 Å². The van der Waals surface area contributed by atoms with Crippen LogP contribution in [-0.2, 0) is 29.9 Å². The largest absolute Gasteiger partial charge is 0.488 e. The normalized spacial score (nSPS) is 15.7. The van der Waals surface area contributed by atoms with Crippen molar-refractivity contribution in [3.63, 3.8) is 0 Å². The van der Waals surface area contributed by atoms with Crippen molar-refractivity contribution in [2.45, 2.75) is 44.6 Å². The Bertz CT molecular complexity index is 1100. The smallest absolute Gasteiger partial charge is 0.332 e. The summed E-state index contributed by atoms with van der Waals surface area (Å²) < 4.78 is 45.3. The predicted octanol–water partition coefficient (Wildman–Crippen LogP) is 4.01. The minimum atomic E-state index is -3.17. The van der Waals surface area contributed by atoms with E-state index >= 15 is 0 Å². The van der Waals surface area contributed by atoms with Crippen LogP contribution in [0, 0.1) is 0 Å². The summed E-state index contributed by atoms with van der Waals surface area (Å²) >= 11 is 0. The van der Waals surface area contributed by atoms with E-state index in [-0.39, 0.29) is 18.5 Å². The van der Waals surface area contributed by atoms with Gasteiger partial charge in [0.1, 0.15) is 23.3 Å². The molecule has 184 valence electrons. The molecular formula is C23H29N3O7S. The summed E-state index contributed by atoms with van der Waals surface area (Å²) in [7, 11) is -3.17. The highest BCUT2D eigenvalue weighted by molar-refractivity contribution is 7.89. The standard InChI is InChI=1S/C23H29N3O7S/c1-4-31-23(27)16(2)25-26-21-8-7-19(13-22(21)33-18-9-11-30-12-10-18)32-20-6-5-17(24-14-20)15-34(3,28)29/h5-8,13-14,16,18H,4,9-12,15H2,1-3H3. The zero-order chi connectivity index (χ0) is 24.6. The summed E-state index contributed by atoms with van der Waals surface area (Å²) in [5.74, 6) is 0.799. The Labute approximate surface area is 199 Å². The first kappa shape index (κ1) is 25.6. The summed E-state index contributed by atoms with van der Waals surface area (Å²) in [6.07, 6.45) is 4.07. The van der Waals surface area contributed by atoms with Crippen LogP contribution in [0.15, 0.2) is 46.8 Å². The number of ether oxygens (including phenoxy) is 4. The topological polar surface area (TPSA) is 126 Å². The van der Waals surface area contributed by atoms with Crippen molar-refractivity contribution in [1.82, 2.24) is 4.98 Å². The molecule has 0 N–H and O–H groups in total. The fourth-order valence-electron chi connectivity index (χ4n) is 3.13. The average molecular weight is 492 g/mol. The molecule has 11 heteroatoms. The number of benzene rings is 1. The van der Waals surface area contributed by atoms with Gasteiger partial charge in [-0.3, -0.25) is 4.98 Å². The van der Waals surface area contributed by atoms with Crippen molar-refractivity contribution >= 4 is 21.5 Å². The Balaban J connectivity index is 1.79. The molecular weight excluding hydrogens is 462 g/mol. The molecule has 1 unspecified atom stereocenters. The lowest BCUT2D eigenvalue weighted by Crippen LogP contribution is -2.25. The molecule has 0 amide bonds. The zero-order valence-electron chi connectivity index (χ0n) is 19.5. The van der Waals surface area contributed by atoms with Crippen LogP contribution in [-0.4, -0.2) is 57.6 Å². The number of sulfone groups is 1. The summed E-state index contributed by atoms with van der Waals surface area (Å²) in [5, 5.41) is 8.28. The molecule has 1 aromatic carbocycles. The molecule has 1 atom stereocenters. The first-order chi connectivity index (χ1) is 16.2. The lowest BCUT2D eigenvalue weighted by molar-refractivity contribution is -0.144. The van der Waals surface area contributed by atoms with Gasteiger partial charge in [0.15, 0.2) is 21.6 Å². The lowest BCUT2D eigenvalue weighted by Gasteiger charge is -2.24. The third kappa shape index (κ3) is 8.07. The van der Waals surface area contributed by atoms with E-state index in [0.29, 0.717) is 41.8 Å². The van der Waals surface area contributed by atoms with Gasteiger partial charge in [-0.1, -0.05) is 0 Å². The highest BCUT2D eigenvalue weighted by Crippen LogP contribution is 2.35. The number of esters is 1. The lowest BCUT2D eigenvalue weighted by atomic mass is 10.1. The number of pyridine rings is 1. The number of nitrogens with zero attached hydrogens (tertiary/aromatic N) is 3. The molecule has 1 aliphatic heterocycles. The van der Waals surface area contributed by atoms with Crippen LogP contribution in [0.5, 0.6) is 17.2 Å². The fourth-order valence-corrected chi connectivity index (χ4v) is 3.84. The molecule has 2 aromatic rings. The van der Waals surface area contributed by atoms with Crippen molar-refractivity contribution in [3.05, 3.63) is 42.2 Å². The molecule has 10 nitrogen and oxygen atoms in total. The number of rotatable bonds is 10. The van der Waals surface area contributed by atoms with Gasteiger partial charge in [-0.05, 0) is 38.1 Å². The summed E-state index contributed by atoms with van der Waals surface area (Å²) in [4.78, 5) is 16.0. The zero-order valence-corrected chi connectivity index (χ0v) is 20.3. The SMILES string of the molecule is CCOC(=O)C(C)N=Nc1ccc(Oc2ccc(CS(C)(=O)=O)nc2)cc1OC1CCOCC1. The van der Waals surface area contributed by atoms with Crippen LogP contribution < -0.4 is 9.47 Å². The van der Waals surface area contributed by atoms with Crippen molar-refractivity contribution in [1.29, 1.82) is 0 Å². The number of aromatic nitrogens is 1. The number of hydrogen-bond acceptors (Lipinski definition) is 10. The van der Waals surface area contributed by atoms with Gasteiger partial charge in [-0.25, -0.2) is 13.2 Å². The van der Waals surface area contributed by atoms with Gasteiger partial charge in [0, 0.05) is 25.2 Å². The molecule has 0 aliphatic carbocycles. The Morgan fingerprint density at radius 2 is 1.94 bits per heavy atom. The first-order valence-electron chi connectivity index (χ1n) is 11.0. The maximum Gasteiger partial charge on any atom is 0.332 e. The van der Waals surface area contributed by atoms with Gasteiger partial charge < -0.3 is 18.9 Å². The minimum Gasteiger partial charge on any atom is -0.488 e. The fraction of sp³-hybridized carbons (Fsp3) is 0.478. The molecule has 1 saturated heterocycles. The minimum absolute atomic E-state index is 0.0441. The van der Waals surface area contributed by atoms with E-state index in [4.69, 9.17) is 18.9 Å². The van der Waals surface area contributed by atoms with E-state index in [9.17, 15) is 13.2 Å². The van der Waals surface area contributed by atoms with E-state index in [1.165, 1.54) is 6.20 Å². The average Bonchev–Trinajstić information content (AvgIpc) is 2.79. The van der Waals surface area contributed by atoms with Crippen molar-refractivity contribution in [3.8, 4) is 17.2 Å². The summed E-state index contributed by atoms with van der Waals surface area (Å²) in [6.45, 7) is 4.84. The van der Waals surface area contributed by atoms with Crippen LogP contribution in [0.4, 0.5) is 5.69 Å². The number of carbonyl (C=O) groups excluding carboxylic acids is 1. The molecule has 1 aliphatic rings. The second-order valence-electron chi connectivity index (χ2n) is 7.86. The van der Waals surface area contributed by atoms with Crippen LogP contribution in [0.25, 0.3) is 0 Å². The molecule has 1 aromatic heterocycles.